The van der Waals surface area contributed by atoms with Gasteiger partial charge in [0.2, 0.25) is 5.91 Å². The highest BCUT2D eigenvalue weighted by Gasteiger charge is 2.25. The Morgan fingerprint density at radius 3 is 2.80 bits per heavy atom. The standard InChI is InChI=1S/C18H26N4O3/c1-14-3-5-17(25-14)16(22-7-9-24-10-8-22)12-19-18(23)6-4-15-11-20-21(2)13-15/h3,5,11,13,16H,4,6-10,12H2,1-2H3,(H,19,23)/t16-/m1/s1. The zero-order chi connectivity index (χ0) is 17.6. The smallest absolute Gasteiger partial charge is 0.220 e. The van der Waals surface area contributed by atoms with Gasteiger partial charge in [-0.05, 0) is 31.0 Å². The van der Waals surface area contributed by atoms with Gasteiger partial charge in [-0.2, -0.15) is 5.10 Å². The molecular weight excluding hydrogens is 320 g/mol. The molecule has 1 aliphatic rings. The van der Waals surface area contributed by atoms with Crippen molar-refractivity contribution < 1.29 is 13.9 Å². The largest absolute Gasteiger partial charge is 0.465 e. The number of aromatic nitrogens is 2. The van der Waals surface area contributed by atoms with Gasteiger partial charge in [0, 0.05) is 39.3 Å². The van der Waals surface area contributed by atoms with Crippen LogP contribution in [0.1, 0.15) is 29.5 Å². The van der Waals surface area contributed by atoms with Crippen LogP contribution in [-0.2, 0) is 23.0 Å². The quantitative estimate of drug-likeness (QED) is 0.821. The number of hydrogen-bond donors (Lipinski definition) is 1. The first-order valence-electron chi connectivity index (χ1n) is 8.74. The average molecular weight is 346 g/mol. The van der Waals surface area contributed by atoms with Gasteiger partial charge in [-0.3, -0.25) is 14.4 Å². The molecule has 25 heavy (non-hydrogen) atoms. The van der Waals surface area contributed by atoms with E-state index in [4.69, 9.17) is 9.15 Å². The van der Waals surface area contributed by atoms with E-state index in [2.05, 4.69) is 15.3 Å². The molecule has 2 aromatic rings. The first-order chi connectivity index (χ1) is 12.1. The highest BCUT2D eigenvalue weighted by atomic mass is 16.5. The Kier molecular flexibility index (Phi) is 5.88. The Morgan fingerprint density at radius 1 is 1.36 bits per heavy atom. The summed E-state index contributed by atoms with van der Waals surface area (Å²) in [5.74, 6) is 1.83. The van der Waals surface area contributed by atoms with Crippen LogP contribution in [0.15, 0.2) is 28.9 Å². The fourth-order valence-corrected chi connectivity index (χ4v) is 3.09. The van der Waals surface area contributed by atoms with Gasteiger partial charge in [0.05, 0.1) is 25.5 Å². The maximum atomic E-state index is 12.2. The lowest BCUT2D eigenvalue weighted by Crippen LogP contribution is -2.43. The highest BCUT2D eigenvalue weighted by molar-refractivity contribution is 5.76. The molecule has 0 unspecified atom stereocenters. The summed E-state index contributed by atoms with van der Waals surface area (Å²) in [5, 5.41) is 7.18. The van der Waals surface area contributed by atoms with Crippen molar-refractivity contribution in [2.45, 2.75) is 25.8 Å². The van der Waals surface area contributed by atoms with Gasteiger partial charge in [-0.25, -0.2) is 0 Å². The minimum Gasteiger partial charge on any atom is -0.465 e. The number of aryl methyl sites for hydroxylation is 3. The van der Waals surface area contributed by atoms with E-state index in [0.717, 1.165) is 30.2 Å². The lowest BCUT2D eigenvalue weighted by Gasteiger charge is -2.33. The van der Waals surface area contributed by atoms with Crippen LogP contribution in [0.25, 0.3) is 0 Å². The van der Waals surface area contributed by atoms with E-state index in [-0.39, 0.29) is 11.9 Å². The van der Waals surface area contributed by atoms with Gasteiger partial charge in [0.1, 0.15) is 11.5 Å². The van der Waals surface area contributed by atoms with E-state index in [1.54, 1.807) is 10.9 Å². The summed E-state index contributed by atoms with van der Waals surface area (Å²) in [6, 6.07) is 4.00. The van der Waals surface area contributed by atoms with Crippen LogP contribution in [0.5, 0.6) is 0 Å². The van der Waals surface area contributed by atoms with Crippen molar-refractivity contribution in [1.82, 2.24) is 20.0 Å². The lowest BCUT2D eigenvalue weighted by atomic mass is 10.1. The Bertz CT molecular complexity index is 688. The van der Waals surface area contributed by atoms with Crippen molar-refractivity contribution in [3.63, 3.8) is 0 Å². The number of nitrogens with zero attached hydrogens (tertiary/aromatic N) is 3. The van der Waals surface area contributed by atoms with Crippen LogP contribution in [-0.4, -0.2) is 53.4 Å². The van der Waals surface area contributed by atoms with Gasteiger partial charge < -0.3 is 14.5 Å². The first kappa shape index (κ1) is 17.7. The molecule has 7 heteroatoms. The first-order valence-corrected chi connectivity index (χ1v) is 8.74. The van der Waals surface area contributed by atoms with Crippen molar-refractivity contribution in [1.29, 1.82) is 0 Å². The molecule has 0 spiro atoms. The molecule has 3 heterocycles. The molecule has 1 aliphatic heterocycles. The second-order valence-electron chi connectivity index (χ2n) is 6.44. The number of hydrogen-bond acceptors (Lipinski definition) is 5. The van der Waals surface area contributed by atoms with E-state index in [1.165, 1.54) is 0 Å². The SMILES string of the molecule is Cc1ccc([C@@H](CNC(=O)CCc2cnn(C)c2)N2CCOCC2)o1. The number of furan rings is 1. The summed E-state index contributed by atoms with van der Waals surface area (Å²) in [5.41, 5.74) is 1.07. The second kappa shape index (κ2) is 8.31. The average Bonchev–Trinajstić information content (AvgIpc) is 3.23. The third-order valence-electron chi connectivity index (χ3n) is 4.47. The fourth-order valence-electron chi connectivity index (χ4n) is 3.09. The second-order valence-corrected chi connectivity index (χ2v) is 6.44. The Hall–Kier alpha value is -2.12. The number of ether oxygens (including phenoxy) is 1. The molecular formula is C18H26N4O3. The van der Waals surface area contributed by atoms with Gasteiger partial charge in [0.25, 0.3) is 0 Å². The van der Waals surface area contributed by atoms with Crippen molar-refractivity contribution in [3.05, 3.63) is 41.6 Å². The minimum atomic E-state index is 0.0416. The van der Waals surface area contributed by atoms with Gasteiger partial charge in [0.15, 0.2) is 0 Å². The van der Waals surface area contributed by atoms with Gasteiger partial charge in [-0.1, -0.05) is 0 Å². The topological polar surface area (TPSA) is 72.5 Å². The number of carbonyl (C=O) groups is 1. The summed E-state index contributed by atoms with van der Waals surface area (Å²) in [7, 11) is 1.88. The third kappa shape index (κ3) is 4.93. The molecule has 0 bridgehead atoms. The Morgan fingerprint density at radius 2 is 2.16 bits per heavy atom. The van der Waals surface area contributed by atoms with E-state index in [1.807, 2.05) is 32.3 Å². The zero-order valence-corrected chi connectivity index (χ0v) is 14.9. The predicted octanol–water partition coefficient (Wildman–Crippen LogP) is 1.44. The lowest BCUT2D eigenvalue weighted by molar-refractivity contribution is -0.121. The van der Waals surface area contributed by atoms with Crippen LogP contribution in [0, 0.1) is 6.92 Å². The summed E-state index contributed by atoms with van der Waals surface area (Å²) in [4.78, 5) is 14.5. The summed E-state index contributed by atoms with van der Waals surface area (Å²) >= 11 is 0. The number of nitrogens with one attached hydrogen (secondary N) is 1. The molecule has 7 nitrogen and oxygen atoms in total. The normalized spacial score (nSPS) is 16.7. The number of rotatable bonds is 7. The number of carbonyl (C=O) groups excluding carboxylic acids is 1. The third-order valence-corrected chi connectivity index (χ3v) is 4.47. The summed E-state index contributed by atoms with van der Waals surface area (Å²) in [6.07, 6.45) is 4.89. The number of amides is 1. The van der Waals surface area contributed by atoms with Crippen LogP contribution < -0.4 is 5.32 Å². The molecule has 136 valence electrons. The molecule has 0 saturated carbocycles. The molecule has 1 saturated heterocycles. The van der Waals surface area contributed by atoms with Crippen molar-refractivity contribution in [3.8, 4) is 0 Å². The molecule has 2 aromatic heterocycles. The molecule has 0 aromatic carbocycles. The van der Waals surface area contributed by atoms with Crippen LogP contribution in [0.2, 0.25) is 0 Å². The van der Waals surface area contributed by atoms with Crippen molar-refractivity contribution in [2.75, 3.05) is 32.8 Å². The summed E-state index contributed by atoms with van der Waals surface area (Å²) < 4.78 is 13.0. The van der Waals surface area contributed by atoms with Crippen LogP contribution >= 0.6 is 0 Å². The monoisotopic (exact) mass is 346 g/mol. The minimum absolute atomic E-state index is 0.0416. The van der Waals surface area contributed by atoms with Crippen molar-refractivity contribution >= 4 is 5.91 Å². The maximum absolute atomic E-state index is 12.2. The van der Waals surface area contributed by atoms with Crippen molar-refractivity contribution in [2.24, 2.45) is 7.05 Å². The molecule has 3 rings (SSSR count). The van der Waals surface area contributed by atoms with E-state index in [9.17, 15) is 4.79 Å². The van der Waals surface area contributed by atoms with E-state index >= 15 is 0 Å². The molecule has 1 fully saturated rings. The van der Waals surface area contributed by atoms with Gasteiger partial charge >= 0.3 is 0 Å². The highest BCUT2D eigenvalue weighted by Crippen LogP contribution is 2.23. The van der Waals surface area contributed by atoms with Crippen LogP contribution in [0.4, 0.5) is 0 Å². The van der Waals surface area contributed by atoms with Gasteiger partial charge in [-0.15, -0.1) is 0 Å². The Labute approximate surface area is 147 Å². The molecule has 1 atom stereocenters. The van der Waals surface area contributed by atoms with E-state index < -0.39 is 0 Å². The molecule has 0 aliphatic carbocycles. The molecule has 1 amide bonds. The maximum Gasteiger partial charge on any atom is 0.220 e. The Balaban J connectivity index is 1.55. The molecule has 1 N–H and O–H groups in total. The molecule has 0 radical (unpaired) electrons. The zero-order valence-electron chi connectivity index (χ0n) is 14.9. The number of morpholine rings is 1. The van der Waals surface area contributed by atoms with E-state index in [0.29, 0.717) is 32.6 Å². The summed E-state index contributed by atoms with van der Waals surface area (Å²) in [6.45, 7) is 5.59. The predicted molar refractivity (Wildman–Crippen MR) is 93.1 cm³/mol. The fraction of sp³-hybridized carbons (Fsp3) is 0.556. The van der Waals surface area contributed by atoms with Crippen LogP contribution in [0.3, 0.4) is 0 Å².